The van der Waals surface area contributed by atoms with Crippen LogP contribution in [0.25, 0.3) is 0 Å². The Labute approximate surface area is 154 Å². The average molecular weight is 375 g/mol. The van der Waals surface area contributed by atoms with Crippen LogP contribution in [-0.2, 0) is 23.5 Å². The van der Waals surface area contributed by atoms with E-state index in [2.05, 4.69) is 5.10 Å². The van der Waals surface area contributed by atoms with Gasteiger partial charge in [-0.15, -0.1) is 0 Å². The third-order valence-electron chi connectivity index (χ3n) is 6.25. The van der Waals surface area contributed by atoms with Gasteiger partial charge in [0.25, 0.3) is 0 Å². The smallest absolute Gasteiger partial charge is 0.246 e. The summed E-state index contributed by atoms with van der Waals surface area (Å²) in [4.78, 5) is 0.283. The van der Waals surface area contributed by atoms with E-state index in [1.54, 1.807) is 23.0 Å². The number of hydrogen-bond acceptors (Lipinski definition) is 4. The molecular weight excluding hydrogens is 350 g/mol. The summed E-state index contributed by atoms with van der Waals surface area (Å²) in [6.07, 6.45) is 4.52. The first-order valence-electron chi connectivity index (χ1n) is 9.06. The van der Waals surface area contributed by atoms with Gasteiger partial charge in [0.2, 0.25) is 10.0 Å². The van der Waals surface area contributed by atoms with Gasteiger partial charge in [-0.2, -0.15) is 9.40 Å². The Morgan fingerprint density at radius 3 is 2.62 bits per heavy atom. The van der Waals surface area contributed by atoms with E-state index in [1.807, 2.05) is 30.3 Å². The molecule has 0 spiro atoms. The number of aliphatic hydroxyl groups excluding tert-OH is 1. The van der Waals surface area contributed by atoms with Crippen molar-refractivity contribution in [2.45, 2.75) is 49.6 Å². The van der Waals surface area contributed by atoms with E-state index in [4.69, 9.17) is 0 Å². The van der Waals surface area contributed by atoms with Gasteiger partial charge in [-0.3, -0.25) is 4.68 Å². The Kier molecular flexibility index (Phi) is 4.21. The van der Waals surface area contributed by atoms with Gasteiger partial charge >= 0.3 is 0 Å². The Hall–Kier alpha value is -1.70. The van der Waals surface area contributed by atoms with Crippen molar-refractivity contribution in [2.75, 3.05) is 6.61 Å². The molecule has 2 aromatic rings. The second kappa shape index (κ2) is 6.18. The van der Waals surface area contributed by atoms with Crippen LogP contribution in [0.4, 0.5) is 0 Å². The first kappa shape index (κ1) is 17.7. The first-order valence-corrected chi connectivity index (χ1v) is 10.5. The predicted octanol–water partition coefficient (Wildman–Crippen LogP) is 1.88. The Balaban J connectivity index is 1.71. The lowest BCUT2D eigenvalue weighted by Gasteiger charge is -2.36. The fraction of sp³-hybridized carbons (Fsp3) is 0.526. The topological polar surface area (TPSA) is 75.4 Å². The molecule has 0 amide bonds. The summed E-state index contributed by atoms with van der Waals surface area (Å²) in [6, 6.07) is 9.84. The van der Waals surface area contributed by atoms with Crippen molar-refractivity contribution < 1.29 is 13.5 Å². The van der Waals surface area contributed by atoms with E-state index in [0.717, 1.165) is 18.4 Å². The summed E-state index contributed by atoms with van der Waals surface area (Å²) < 4.78 is 30.0. The number of aryl methyl sites for hydroxylation is 1. The molecule has 2 fully saturated rings. The summed E-state index contributed by atoms with van der Waals surface area (Å²) >= 11 is 0. The third kappa shape index (κ3) is 2.52. The zero-order valence-corrected chi connectivity index (χ0v) is 16.0. The minimum Gasteiger partial charge on any atom is -0.396 e. The molecule has 1 N–H and O–H groups in total. The fourth-order valence-electron chi connectivity index (χ4n) is 4.86. The summed E-state index contributed by atoms with van der Waals surface area (Å²) in [7, 11) is -1.87. The van der Waals surface area contributed by atoms with Gasteiger partial charge in [-0.05, 0) is 38.2 Å². The van der Waals surface area contributed by atoms with Crippen LogP contribution in [0, 0.1) is 12.3 Å². The largest absolute Gasteiger partial charge is 0.396 e. The Bertz CT molecular complexity index is 909. The van der Waals surface area contributed by atoms with Crippen LogP contribution < -0.4 is 0 Å². The van der Waals surface area contributed by atoms with E-state index < -0.39 is 15.4 Å². The van der Waals surface area contributed by atoms with Gasteiger partial charge in [0.1, 0.15) is 4.90 Å². The molecule has 1 aromatic carbocycles. The second-order valence-electron chi connectivity index (χ2n) is 7.69. The number of hydrogen-bond donors (Lipinski definition) is 1. The highest BCUT2D eigenvalue weighted by Gasteiger charge is 2.59. The zero-order chi connectivity index (χ0) is 18.5. The predicted molar refractivity (Wildman–Crippen MR) is 98.1 cm³/mol. The van der Waals surface area contributed by atoms with Crippen molar-refractivity contribution in [3.63, 3.8) is 0 Å². The van der Waals surface area contributed by atoms with Crippen LogP contribution >= 0.6 is 0 Å². The lowest BCUT2D eigenvalue weighted by Crippen LogP contribution is -2.43. The molecule has 2 bridgehead atoms. The van der Waals surface area contributed by atoms with Crippen molar-refractivity contribution in [1.82, 2.24) is 14.1 Å². The van der Waals surface area contributed by atoms with Crippen LogP contribution in [0.2, 0.25) is 0 Å². The van der Waals surface area contributed by atoms with Gasteiger partial charge in [-0.1, -0.05) is 30.3 Å². The summed E-state index contributed by atoms with van der Waals surface area (Å²) in [6.45, 7) is 1.78. The van der Waals surface area contributed by atoms with Crippen LogP contribution in [-0.4, -0.2) is 46.3 Å². The van der Waals surface area contributed by atoms with E-state index in [1.165, 1.54) is 6.20 Å². The first-order chi connectivity index (χ1) is 12.4. The lowest BCUT2D eigenvalue weighted by molar-refractivity contribution is 0.0888. The molecule has 2 aliphatic heterocycles. The minimum atomic E-state index is -3.62. The number of fused-ring (bicyclic) bond motifs is 2. The quantitative estimate of drug-likeness (QED) is 0.866. The van der Waals surface area contributed by atoms with Crippen molar-refractivity contribution in [3.8, 4) is 0 Å². The molecule has 0 radical (unpaired) electrons. The summed E-state index contributed by atoms with van der Waals surface area (Å²) in [5, 5.41) is 14.4. The molecule has 1 aromatic heterocycles. The average Bonchev–Trinajstić information content (AvgIpc) is 3.29. The van der Waals surface area contributed by atoms with E-state index >= 15 is 0 Å². The van der Waals surface area contributed by atoms with Gasteiger partial charge in [0.15, 0.2) is 0 Å². The molecule has 3 heterocycles. The molecule has 3 atom stereocenters. The van der Waals surface area contributed by atoms with Gasteiger partial charge in [0.05, 0.1) is 18.5 Å². The number of rotatable bonds is 5. The van der Waals surface area contributed by atoms with Crippen molar-refractivity contribution in [2.24, 2.45) is 12.5 Å². The molecular formula is C19H25N3O3S. The molecule has 140 valence electrons. The van der Waals surface area contributed by atoms with E-state index in [9.17, 15) is 13.5 Å². The number of benzene rings is 1. The van der Waals surface area contributed by atoms with Crippen molar-refractivity contribution in [3.05, 3.63) is 47.8 Å². The summed E-state index contributed by atoms with van der Waals surface area (Å²) in [5.74, 6) is 0. The molecule has 7 heteroatoms. The van der Waals surface area contributed by atoms with E-state index in [-0.39, 0.29) is 23.6 Å². The highest BCUT2D eigenvalue weighted by Crippen LogP contribution is 2.53. The van der Waals surface area contributed by atoms with Gasteiger partial charge in [0, 0.05) is 24.5 Å². The molecule has 0 saturated carbocycles. The van der Waals surface area contributed by atoms with Crippen LogP contribution in [0.15, 0.2) is 41.4 Å². The lowest BCUT2D eigenvalue weighted by atomic mass is 9.70. The third-order valence-corrected chi connectivity index (χ3v) is 8.31. The maximum atomic E-state index is 13.4. The van der Waals surface area contributed by atoms with Crippen molar-refractivity contribution >= 4 is 10.0 Å². The van der Waals surface area contributed by atoms with E-state index in [0.29, 0.717) is 18.5 Å². The zero-order valence-electron chi connectivity index (χ0n) is 15.2. The number of nitrogens with zero attached hydrogens (tertiary/aromatic N) is 3. The molecule has 2 saturated heterocycles. The summed E-state index contributed by atoms with van der Waals surface area (Å²) in [5.41, 5.74) is 1.38. The number of aromatic nitrogens is 2. The van der Waals surface area contributed by atoms with Crippen LogP contribution in [0.3, 0.4) is 0 Å². The Morgan fingerprint density at radius 1 is 1.27 bits per heavy atom. The molecule has 4 rings (SSSR count). The van der Waals surface area contributed by atoms with Gasteiger partial charge < -0.3 is 5.11 Å². The maximum Gasteiger partial charge on any atom is 0.246 e. The highest BCUT2D eigenvalue weighted by atomic mass is 32.2. The fourth-order valence-corrected chi connectivity index (χ4v) is 7.01. The Morgan fingerprint density at radius 2 is 2.00 bits per heavy atom. The number of sulfonamides is 1. The molecule has 26 heavy (non-hydrogen) atoms. The standard InChI is InChI=1S/C19H25N3O3S/c1-14-17(12-20-21(14)2)26(24,25)22-16-8-9-18(22)19(11-16,13-23)10-15-6-4-3-5-7-15/h3-7,12,16,18,23H,8-11,13H2,1-2H3/t16-,18+,19-/m0/s1. The normalized spacial score (nSPS) is 28.7. The highest BCUT2D eigenvalue weighted by molar-refractivity contribution is 7.89. The maximum absolute atomic E-state index is 13.4. The monoisotopic (exact) mass is 375 g/mol. The molecule has 0 unspecified atom stereocenters. The molecule has 6 nitrogen and oxygen atoms in total. The van der Waals surface area contributed by atoms with Crippen LogP contribution in [0.1, 0.15) is 30.5 Å². The SMILES string of the molecule is Cc1c(S(=O)(=O)N2[C@H]3CC[C@@H]2[C@@](CO)(Cc2ccccc2)C3)cnn1C. The van der Waals surface area contributed by atoms with Crippen LogP contribution in [0.5, 0.6) is 0 Å². The minimum absolute atomic E-state index is 0.00109. The van der Waals surface area contributed by atoms with Gasteiger partial charge in [-0.25, -0.2) is 8.42 Å². The van der Waals surface area contributed by atoms with Crippen molar-refractivity contribution in [1.29, 1.82) is 0 Å². The molecule has 0 aliphatic carbocycles. The number of aliphatic hydroxyl groups is 1. The molecule has 2 aliphatic rings. The second-order valence-corrected chi connectivity index (χ2v) is 9.50.